The number of carbonyl (C=O) groups excluding carboxylic acids is 2. The molecular weight excluding hydrogens is 410 g/mol. The van der Waals surface area contributed by atoms with Crippen LogP contribution < -0.4 is 10.2 Å². The van der Waals surface area contributed by atoms with Gasteiger partial charge >= 0.3 is 0 Å². The Labute approximate surface area is 166 Å². The summed E-state index contributed by atoms with van der Waals surface area (Å²) in [4.78, 5) is 26.6. The van der Waals surface area contributed by atoms with Crippen LogP contribution >= 0.6 is 15.9 Å². The van der Waals surface area contributed by atoms with Crippen LogP contribution in [0.4, 0.5) is 5.69 Å². The lowest BCUT2D eigenvalue weighted by Crippen LogP contribution is -2.33. The predicted molar refractivity (Wildman–Crippen MR) is 104 cm³/mol. The number of amides is 2. The first-order valence-electron chi connectivity index (χ1n) is 9.36. The van der Waals surface area contributed by atoms with Crippen LogP contribution in [-0.4, -0.2) is 33.1 Å². The van der Waals surface area contributed by atoms with Crippen LogP contribution in [0.3, 0.4) is 0 Å². The van der Waals surface area contributed by atoms with Crippen LogP contribution in [-0.2, 0) is 29.1 Å². The van der Waals surface area contributed by atoms with Gasteiger partial charge in [0.1, 0.15) is 5.82 Å². The highest BCUT2D eigenvalue weighted by atomic mass is 79.9. The number of hydrogen-bond acceptors (Lipinski definition) is 4. The van der Waals surface area contributed by atoms with Crippen LogP contribution in [0.5, 0.6) is 0 Å². The Kier molecular flexibility index (Phi) is 5.24. The van der Waals surface area contributed by atoms with E-state index < -0.39 is 0 Å². The molecule has 2 amide bonds. The Morgan fingerprint density at radius 1 is 1.19 bits per heavy atom. The van der Waals surface area contributed by atoms with Crippen molar-refractivity contribution >= 4 is 33.4 Å². The standard InChI is InChI=1S/C19H22BrN5O2/c20-14-5-7-15(8-6-14)25-12-13(10-18(25)26)19(27)21-11-17-23-22-16-4-2-1-3-9-24(16)17/h5-8,13H,1-4,9-12H2,(H,21,27). The van der Waals surface area contributed by atoms with Crippen LogP contribution in [0.15, 0.2) is 28.7 Å². The fourth-order valence-corrected chi connectivity index (χ4v) is 4.00. The van der Waals surface area contributed by atoms with Gasteiger partial charge in [0.05, 0.1) is 12.5 Å². The molecule has 3 heterocycles. The number of nitrogens with one attached hydrogen (secondary N) is 1. The van der Waals surface area contributed by atoms with Crippen molar-refractivity contribution in [2.24, 2.45) is 5.92 Å². The molecule has 1 saturated heterocycles. The second kappa shape index (κ2) is 7.80. The number of rotatable bonds is 4. The van der Waals surface area contributed by atoms with Gasteiger partial charge in [-0.15, -0.1) is 10.2 Å². The summed E-state index contributed by atoms with van der Waals surface area (Å²) in [6.45, 7) is 1.67. The van der Waals surface area contributed by atoms with Crippen LogP contribution in [0.25, 0.3) is 0 Å². The third-order valence-corrected chi connectivity index (χ3v) is 5.77. The van der Waals surface area contributed by atoms with E-state index in [1.165, 1.54) is 6.42 Å². The number of hydrogen-bond donors (Lipinski definition) is 1. The van der Waals surface area contributed by atoms with Crippen molar-refractivity contribution in [3.8, 4) is 0 Å². The largest absolute Gasteiger partial charge is 0.348 e. The summed E-state index contributed by atoms with van der Waals surface area (Å²) < 4.78 is 3.08. The highest BCUT2D eigenvalue weighted by molar-refractivity contribution is 9.10. The molecule has 4 rings (SSSR count). The SMILES string of the molecule is O=C(NCc1nnc2n1CCCCC2)C1CC(=O)N(c2ccc(Br)cc2)C1. The quantitative estimate of drug-likeness (QED) is 0.805. The molecule has 1 atom stereocenters. The molecule has 1 unspecified atom stereocenters. The molecule has 7 nitrogen and oxygen atoms in total. The fourth-order valence-electron chi connectivity index (χ4n) is 3.74. The van der Waals surface area contributed by atoms with Gasteiger partial charge in [0.15, 0.2) is 5.82 Å². The van der Waals surface area contributed by atoms with Gasteiger partial charge in [-0.25, -0.2) is 0 Å². The molecule has 2 aliphatic rings. The Morgan fingerprint density at radius 3 is 2.81 bits per heavy atom. The summed E-state index contributed by atoms with van der Waals surface area (Å²) in [5.74, 6) is 1.35. The van der Waals surface area contributed by atoms with E-state index in [4.69, 9.17) is 0 Å². The van der Waals surface area contributed by atoms with E-state index in [2.05, 4.69) is 36.0 Å². The maximum Gasteiger partial charge on any atom is 0.227 e. The summed E-state index contributed by atoms with van der Waals surface area (Å²) >= 11 is 3.39. The van der Waals surface area contributed by atoms with E-state index in [-0.39, 0.29) is 24.2 Å². The van der Waals surface area contributed by atoms with Crippen molar-refractivity contribution < 1.29 is 9.59 Å². The maximum absolute atomic E-state index is 12.6. The Morgan fingerprint density at radius 2 is 2.00 bits per heavy atom. The zero-order valence-corrected chi connectivity index (χ0v) is 16.6. The van der Waals surface area contributed by atoms with Gasteiger partial charge < -0.3 is 14.8 Å². The molecule has 142 valence electrons. The number of fused-ring (bicyclic) bond motifs is 1. The Bertz CT molecular complexity index is 848. The lowest BCUT2D eigenvalue weighted by atomic mass is 10.1. The van der Waals surface area contributed by atoms with Crippen molar-refractivity contribution in [3.63, 3.8) is 0 Å². The van der Waals surface area contributed by atoms with Gasteiger partial charge in [0, 0.05) is 36.1 Å². The first-order valence-corrected chi connectivity index (χ1v) is 10.2. The minimum Gasteiger partial charge on any atom is -0.348 e. The second-order valence-electron chi connectivity index (χ2n) is 7.09. The van der Waals surface area contributed by atoms with Crippen LogP contribution in [0, 0.1) is 5.92 Å². The molecular formula is C19H22BrN5O2. The van der Waals surface area contributed by atoms with E-state index in [0.29, 0.717) is 13.1 Å². The molecule has 1 N–H and O–H groups in total. The smallest absolute Gasteiger partial charge is 0.227 e. The number of anilines is 1. The van der Waals surface area contributed by atoms with E-state index in [0.717, 1.165) is 47.6 Å². The first kappa shape index (κ1) is 18.2. The monoisotopic (exact) mass is 431 g/mol. The molecule has 1 aromatic carbocycles. The van der Waals surface area contributed by atoms with E-state index in [9.17, 15) is 9.59 Å². The highest BCUT2D eigenvalue weighted by Crippen LogP contribution is 2.26. The third kappa shape index (κ3) is 3.90. The average molecular weight is 432 g/mol. The van der Waals surface area contributed by atoms with Crippen LogP contribution in [0.2, 0.25) is 0 Å². The molecule has 0 radical (unpaired) electrons. The van der Waals surface area contributed by atoms with Crippen molar-refractivity contribution in [3.05, 3.63) is 40.4 Å². The van der Waals surface area contributed by atoms with E-state index in [1.54, 1.807) is 4.90 Å². The number of aryl methyl sites for hydroxylation is 1. The molecule has 1 aromatic heterocycles. The molecule has 0 saturated carbocycles. The fraction of sp³-hybridized carbons (Fsp3) is 0.474. The summed E-state index contributed by atoms with van der Waals surface area (Å²) in [7, 11) is 0. The Hall–Kier alpha value is -2.22. The molecule has 2 aliphatic heterocycles. The average Bonchev–Trinajstić information content (AvgIpc) is 3.15. The van der Waals surface area contributed by atoms with Crippen molar-refractivity contribution in [2.45, 2.75) is 45.2 Å². The second-order valence-corrected chi connectivity index (χ2v) is 8.01. The highest BCUT2D eigenvalue weighted by Gasteiger charge is 2.35. The minimum absolute atomic E-state index is 0.0196. The van der Waals surface area contributed by atoms with E-state index >= 15 is 0 Å². The number of carbonyl (C=O) groups is 2. The number of halogens is 1. The summed E-state index contributed by atoms with van der Waals surface area (Å²) in [6, 6.07) is 7.56. The maximum atomic E-state index is 12.6. The van der Waals surface area contributed by atoms with E-state index in [1.807, 2.05) is 24.3 Å². The number of nitrogens with zero attached hydrogens (tertiary/aromatic N) is 4. The third-order valence-electron chi connectivity index (χ3n) is 5.24. The minimum atomic E-state index is -0.340. The molecule has 8 heteroatoms. The van der Waals surface area contributed by atoms with Gasteiger partial charge in [0.25, 0.3) is 0 Å². The van der Waals surface area contributed by atoms with Gasteiger partial charge in [-0.05, 0) is 37.1 Å². The lowest BCUT2D eigenvalue weighted by molar-refractivity contribution is -0.126. The normalized spacial score (nSPS) is 19.7. The first-order chi connectivity index (χ1) is 13.1. The summed E-state index contributed by atoms with van der Waals surface area (Å²) in [5, 5.41) is 11.4. The zero-order chi connectivity index (χ0) is 18.8. The van der Waals surface area contributed by atoms with Crippen molar-refractivity contribution in [2.75, 3.05) is 11.4 Å². The summed E-state index contributed by atoms with van der Waals surface area (Å²) in [6.07, 6.45) is 4.64. The van der Waals surface area contributed by atoms with Crippen molar-refractivity contribution in [1.82, 2.24) is 20.1 Å². The number of benzene rings is 1. The van der Waals surface area contributed by atoms with Gasteiger partial charge in [-0.2, -0.15) is 0 Å². The van der Waals surface area contributed by atoms with Crippen LogP contribution in [0.1, 0.15) is 37.3 Å². The molecule has 2 aromatic rings. The molecule has 0 aliphatic carbocycles. The zero-order valence-electron chi connectivity index (χ0n) is 15.0. The molecule has 0 bridgehead atoms. The predicted octanol–water partition coefficient (Wildman–Crippen LogP) is 2.44. The van der Waals surface area contributed by atoms with Gasteiger partial charge in [-0.3, -0.25) is 9.59 Å². The summed E-state index contributed by atoms with van der Waals surface area (Å²) in [5.41, 5.74) is 0.821. The molecule has 1 fully saturated rings. The topological polar surface area (TPSA) is 80.1 Å². The lowest BCUT2D eigenvalue weighted by Gasteiger charge is -2.17. The molecule has 27 heavy (non-hydrogen) atoms. The van der Waals surface area contributed by atoms with Gasteiger partial charge in [0.2, 0.25) is 11.8 Å². The molecule has 0 spiro atoms. The van der Waals surface area contributed by atoms with Crippen molar-refractivity contribution in [1.29, 1.82) is 0 Å². The van der Waals surface area contributed by atoms with Gasteiger partial charge in [-0.1, -0.05) is 22.4 Å². The number of aromatic nitrogens is 3. The Balaban J connectivity index is 1.37.